The van der Waals surface area contributed by atoms with E-state index in [-0.39, 0.29) is 5.54 Å². The number of nitrogens with one attached hydrogen (secondary N) is 1. The quantitative estimate of drug-likeness (QED) is 0.801. The van der Waals surface area contributed by atoms with Crippen molar-refractivity contribution in [2.24, 2.45) is 0 Å². The van der Waals surface area contributed by atoms with Crippen molar-refractivity contribution >= 4 is 11.5 Å². The molecule has 1 unspecified atom stereocenters. The number of anilines is 2. The molecular weight excluding hydrogens is 202 g/mol. The monoisotopic (exact) mass is 221 g/mol. The van der Waals surface area contributed by atoms with E-state index in [1.807, 2.05) is 13.0 Å². The van der Waals surface area contributed by atoms with Crippen molar-refractivity contribution in [1.29, 1.82) is 0 Å². The molecule has 0 aromatic carbocycles. The first-order valence-electron chi connectivity index (χ1n) is 5.68. The highest BCUT2D eigenvalue weighted by molar-refractivity contribution is 5.65. The number of aryl methyl sites for hydroxylation is 1. The summed E-state index contributed by atoms with van der Waals surface area (Å²) in [5, 5.41) is 3.41. The van der Waals surface area contributed by atoms with Crippen LogP contribution in [0.2, 0.25) is 0 Å². The molecule has 0 radical (unpaired) electrons. The van der Waals surface area contributed by atoms with Crippen LogP contribution < -0.4 is 11.1 Å². The lowest BCUT2D eigenvalue weighted by molar-refractivity contribution is 0.0539. The third-order valence-electron chi connectivity index (χ3n) is 3.07. The van der Waals surface area contributed by atoms with E-state index in [0.717, 1.165) is 36.5 Å². The summed E-state index contributed by atoms with van der Waals surface area (Å²) in [6.07, 6.45) is 3.94. The number of ether oxygens (including phenoxy) is 1. The fourth-order valence-corrected chi connectivity index (χ4v) is 1.99. The van der Waals surface area contributed by atoms with Crippen LogP contribution in [0.25, 0.3) is 0 Å². The second-order valence-corrected chi connectivity index (χ2v) is 4.73. The lowest BCUT2D eigenvalue weighted by Crippen LogP contribution is -2.43. The minimum absolute atomic E-state index is 0.0484. The van der Waals surface area contributed by atoms with Gasteiger partial charge in [-0.05, 0) is 38.3 Å². The molecule has 16 heavy (non-hydrogen) atoms. The standard InChI is InChI=1S/C12H19N3O/c1-9-4-6-14-11(10(9)13)15-12(2)5-3-7-16-8-12/h4,6H,3,5,7-8,13H2,1-2H3,(H,14,15). The number of aromatic nitrogens is 1. The predicted octanol–water partition coefficient (Wildman–Crippen LogP) is 1.95. The van der Waals surface area contributed by atoms with Gasteiger partial charge in [0.05, 0.1) is 17.8 Å². The molecule has 1 aromatic heterocycles. The van der Waals surface area contributed by atoms with Crippen molar-refractivity contribution in [3.63, 3.8) is 0 Å². The Morgan fingerprint density at radius 2 is 2.38 bits per heavy atom. The predicted molar refractivity (Wildman–Crippen MR) is 65.5 cm³/mol. The molecule has 1 aliphatic heterocycles. The molecule has 4 heteroatoms. The van der Waals surface area contributed by atoms with Crippen LogP contribution in [-0.2, 0) is 4.74 Å². The molecule has 88 valence electrons. The molecule has 2 heterocycles. The van der Waals surface area contributed by atoms with Gasteiger partial charge in [-0.2, -0.15) is 0 Å². The molecule has 0 aliphatic carbocycles. The molecule has 4 nitrogen and oxygen atoms in total. The first kappa shape index (κ1) is 11.2. The zero-order valence-corrected chi connectivity index (χ0v) is 9.92. The highest BCUT2D eigenvalue weighted by Gasteiger charge is 2.28. The van der Waals surface area contributed by atoms with Crippen molar-refractivity contribution in [2.45, 2.75) is 32.2 Å². The van der Waals surface area contributed by atoms with Crippen molar-refractivity contribution in [3.8, 4) is 0 Å². The van der Waals surface area contributed by atoms with Crippen LogP contribution in [0.4, 0.5) is 11.5 Å². The largest absolute Gasteiger partial charge is 0.396 e. The van der Waals surface area contributed by atoms with Crippen LogP contribution in [-0.4, -0.2) is 23.7 Å². The number of hydrogen-bond acceptors (Lipinski definition) is 4. The topological polar surface area (TPSA) is 60.2 Å². The Hall–Kier alpha value is -1.29. The summed E-state index contributed by atoms with van der Waals surface area (Å²) in [6, 6.07) is 1.92. The molecule has 3 N–H and O–H groups in total. The van der Waals surface area contributed by atoms with Gasteiger partial charge in [-0.25, -0.2) is 4.98 Å². The van der Waals surface area contributed by atoms with Crippen LogP contribution in [0, 0.1) is 6.92 Å². The van der Waals surface area contributed by atoms with Gasteiger partial charge >= 0.3 is 0 Å². The first-order valence-corrected chi connectivity index (χ1v) is 5.68. The molecule has 0 spiro atoms. The summed E-state index contributed by atoms with van der Waals surface area (Å²) in [6.45, 7) is 5.70. The second kappa shape index (κ2) is 4.29. The van der Waals surface area contributed by atoms with Crippen LogP contribution >= 0.6 is 0 Å². The molecule has 2 rings (SSSR count). The van der Waals surface area contributed by atoms with E-state index < -0.39 is 0 Å². The zero-order chi connectivity index (χ0) is 11.6. The minimum Gasteiger partial charge on any atom is -0.396 e. The summed E-state index contributed by atoms with van der Waals surface area (Å²) in [5.74, 6) is 0.771. The molecule has 1 atom stereocenters. The van der Waals surface area contributed by atoms with E-state index in [9.17, 15) is 0 Å². The lowest BCUT2D eigenvalue weighted by atomic mass is 9.95. The molecule has 1 aromatic rings. The molecular formula is C12H19N3O. The van der Waals surface area contributed by atoms with Gasteiger partial charge in [-0.15, -0.1) is 0 Å². The number of nitrogen functional groups attached to an aromatic ring is 1. The number of hydrogen-bond donors (Lipinski definition) is 2. The van der Waals surface area contributed by atoms with Crippen LogP contribution in [0.5, 0.6) is 0 Å². The normalized spacial score (nSPS) is 25.4. The Kier molecular flexibility index (Phi) is 3.01. The van der Waals surface area contributed by atoms with E-state index in [1.165, 1.54) is 0 Å². The Balaban J connectivity index is 2.16. The average Bonchev–Trinajstić information content (AvgIpc) is 2.26. The van der Waals surface area contributed by atoms with E-state index in [4.69, 9.17) is 10.5 Å². The summed E-state index contributed by atoms with van der Waals surface area (Å²) >= 11 is 0. The molecule has 0 saturated carbocycles. The third kappa shape index (κ3) is 2.27. The number of rotatable bonds is 2. The van der Waals surface area contributed by atoms with E-state index >= 15 is 0 Å². The fourth-order valence-electron chi connectivity index (χ4n) is 1.99. The molecule has 1 fully saturated rings. The molecule has 1 saturated heterocycles. The third-order valence-corrected chi connectivity index (χ3v) is 3.07. The Morgan fingerprint density at radius 1 is 1.56 bits per heavy atom. The summed E-state index contributed by atoms with van der Waals surface area (Å²) in [7, 11) is 0. The maximum absolute atomic E-state index is 5.99. The smallest absolute Gasteiger partial charge is 0.149 e. The molecule has 0 amide bonds. The van der Waals surface area contributed by atoms with Crippen molar-refractivity contribution in [1.82, 2.24) is 4.98 Å². The van der Waals surface area contributed by atoms with E-state index in [1.54, 1.807) is 6.20 Å². The zero-order valence-electron chi connectivity index (χ0n) is 9.92. The van der Waals surface area contributed by atoms with Crippen molar-refractivity contribution in [3.05, 3.63) is 17.8 Å². The SMILES string of the molecule is Cc1ccnc(NC2(C)CCCOC2)c1N. The maximum atomic E-state index is 5.99. The number of nitrogens with zero attached hydrogens (tertiary/aromatic N) is 1. The fraction of sp³-hybridized carbons (Fsp3) is 0.583. The van der Waals surface area contributed by atoms with Gasteiger partial charge in [-0.3, -0.25) is 0 Å². The van der Waals surface area contributed by atoms with Gasteiger partial charge in [0.15, 0.2) is 0 Å². The van der Waals surface area contributed by atoms with Gasteiger partial charge in [0.25, 0.3) is 0 Å². The summed E-state index contributed by atoms with van der Waals surface area (Å²) in [5.41, 5.74) is 7.73. The van der Waals surface area contributed by atoms with Gasteiger partial charge in [-0.1, -0.05) is 0 Å². The van der Waals surface area contributed by atoms with Gasteiger partial charge in [0.1, 0.15) is 5.82 Å². The number of pyridine rings is 1. The minimum atomic E-state index is -0.0484. The van der Waals surface area contributed by atoms with Gasteiger partial charge in [0.2, 0.25) is 0 Å². The first-order chi connectivity index (χ1) is 7.61. The Morgan fingerprint density at radius 3 is 3.06 bits per heavy atom. The van der Waals surface area contributed by atoms with Crippen molar-refractivity contribution < 1.29 is 4.74 Å². The van der Waals surface area contributed by atoms with Crippen LogP contribution in [0.15, 0.2) is 12.3 Å². The van der Waals surface area contributed by atoms with Crippen LogP contribution in [0.1, 0.15) is 25.3 Å². The molecule has 1 aliphatic rings. The average molecular weight is 221 g/mol. The maximum Gasteiger partial charge on any atom is 0.149 e. The summed E-state index contributed by atoms with van der Waals surface area (Å²) in [4.78, 5) is 4.29. The number of nitrogens with two attached hydrogens (primary N) is 1. The van der Waals surface area contributed by atoms with Crippen LogP contribution in [0.3, 0.4) is 0 Å². The van der Waals surface area contributed by atoms with E-state index in [0.29, 0.717) is 6.61 Å². The lowest BCUT2D eigenvalue weighted by Gasteiger charge is -2.35. The second-order valence-electron chi connectivity index (χ2n) is 4.73. The highest BCUT2D eigenvalue weighted by atomic mass is 16.5. The Labute approximate surface area is 96.2 Å². The highest BCUT2D eigenvalue weighted by Crippen LogP contribution is 2.27. The summed E-state index contributed by atoms with van der Waals surface area (Å²) < 4.78 is 5.50. The van der Waals surface area contributed by atoms with Gasteiger partial charge < -0.3 is 15.8 Å². The van der Waals surface area contributed by atoms with E-state index in [2.05, 4.69) is 17.2 Å². The van der Waals surface area contributed by atoms with Gasteiger partial charge in [0, 0.05) is 12.8 Å². The Bertz CT molecular complexity index is 373. The molecule has 0 bridgehead atoms. The van der Waals surface area contributed by atoms with Crippen molar-refractivity contribution in [2.75, 3.05) is 24.3 Å².